The molecule has 0 aliphatic heterocycles. The molecule has 0 unspecified atom stereocenters. The van der Waals surface area contributed by atoms with Gasteiger partial charge in [0.05, 0.1) is 38.5 Å². The Morgan fingerprint density at radius 1 is 0.318 bits per heavy atom. The average molecular weight is 696 g/mol. The average Bonchev–Trinajstić information content (AvgIpc) is 2.64. The fourth-order valence-electron chi connectivity index (χ4n) is 2.14. The van der Waals surface area contributed by atoms with Crippen molar-refractivity contribution >= 4 is 53.7 Å². The molecule has 0 saturated carbocycles. The number of hydrogen-bond acceptors (Lipinski definition) is 12. The second kappa shape index (κ2) is 29.3. The molecule has 0 aliphatic rings. The van der Waals surface area contributed by atoms with Gasteiger partial charge in [0.2, 0.25) is 0 Å². The van der Waals surface area contributed by atoms with Crippen molar-refractivity contribution in [1.82, 2.24) is 0 Å². The first-order chi connectivity index (χ1) is 17.3. The van der Waals surface area contributed by atoms with Crippen LogP contribution in [0.5, 0.6) is 0 Å². The molecule has 0 aromatic carbocycles. The predicted molar refractivity (Wildman–Crippen MR) is 117 cm³/mol. The Labute approximate surface area is 363 Å². The van der Waals surface area contributed by atoms with Crippen molar-refractivity contribution in [2.75, 3.05) is 0 Å². The molecule has 0 aromatic rings. The van der Waals surface area contributed by atoms with Gasteiger partial charge < -0.3 is 68.4 Å². The van der Waals surface area contributed by atoms with Crippen LogP contribution in [0.25, 0.3) is 0 Å². The van der Waals surface area contributed by atoms with Gasteiger partial charge in [0.1, 0.15) is 0 Å². The largest absolute Gasteiger partial charge is 1.00 e. The van der Waals surface area contributed by atoms with E-state index in [1.807, 2.05) is 0 Å². The minimum atomic E-state index is -2.74. The summed E-state index contributed by atoms with van der Waals surface area (Å²) in [5.74, 6) is -15.1. The van der Waals surface area contributed by atoms with E-state index in [2.05, 4.69) is 0 Å². The Balaban J connectivity index is -0.0000000327. The van der Waals surface area contributed by atoms with Crippen molar-refractivity contribution < 1.29 is 259 Å². The number of aliphatic hydroxyl groups is 3. The van der Waals surface area contributed by atoms with Gasteiger partial charge in [-0.3, -0.25) is 28.8 Å². The van der Waals surface area contributed by atoms with Gasteiger partial charge in [-0.05, 0) is 0 Å². The molecule has 0 aromatic heterocycles. The number of hydrogen-bond donors (Lipinski definition) is 12. The van der Waals surface area contributed by atoms with E-state index in [0.29, 0.717) is 0 Å². The monoisotopic (exact) mass is 696 g/mol. The van der Waals surface area contributed by atoms with E-state index in [9.17, 15) is 43.2 Å². The molecule has 12 N–H and O–H groups in total. The summed E-state index contributed by atoms with van der Waals surface area (Å²) < 4.78 is 0. The van der Waals surface area contributed by atoms with E-state index in [0.717, 1.165) is 0 Å². The van der Waals surface area contributed by atoms with Crippen molar-refractivity contribution in [3.05, 3.63) is 0 Å². The number of carboxylic acids is 9. The van der Waals surface area contributed by atoms with Crippen LogP contribution in [0.1, 0.15) is 45.7 Å². The third kappa shape index (κ3) is 30.7. The molecule has 0 spiro atoms. The van der Waals surface area contributed by atoms with Crippen LogP contribution in [0.15, 0.2) is 0 Å². The van der Waals surface area contributed by atoms with Crippen molar-refractivity contribution in [3.63, 3.8) is 0 Å². The van der Waals surface area contributed by atoms with E-state index in [1.165, 1.54) is 0 Å². The summed E-state index contributed by atoms with van der Waals surface area (Å²) in [5, 5.41) is 101. The fourth-order valence-corrected chi connectivity index (χ4v) is 2.14. The minimum absolute atomic E-state index is 0. The van der Waals surface area contributed by atoms with Crippen LogP contribution in [0.2, 0.25) is 0 Å². The van der Waals surface area contributed by atoms with Gasteiger partial charge in [-0.15, -0.1) is 0 Å². The van der Waals surface area contributed by atoms with E-state index in [-0.39, 0.29) is 155 Å². The van der Waals surface area contributed by atoms with E-state index in [1.54, 1.807) is 0 Å². The second-order valence-corrected chi connectivity index (χ2v) is 7.43. The predicted octanol–water partition coefficient (Wildman–Crippen LogP) is -18.2. The van der Waals surface area contributed by atoms with Gasteiger partial charge in [-0.1, -0.05) is 0 Å². The van der Waals surface area contributed by atoms with Crippen LogP contribution in [0.3, 0.4) is 0 Å². The number of carboxylic acid groups (broad SMARTS) is 9. The molecule has 0 rings (SSSR count). The number of carbonyl (C=O) groups is 9. The summed E-state index contributed by atoms with van der Waals surface area (Å²) in [7, 11) is 0. The van der Waals surface area contributed by atoms with E-state index in [4.69, 9.17) is 61.3 Å². The maximum atomic E-state index is 10.3. The third-order valence-corrected chi connectivity index (χ3v) is 3.86. The molecule has 0 amide bonds. The molecule has 26 heteroatoms. The first kappa shape index (κ1) is 62.9. The second-order valence-electron chi connectivity index (χ2n) is 7.43. The first-order valence-electron chi connectivity index (χ1n) is 9.51. The zero-order valence-corrected chi connectivity index (χ0v) is 34.3. The summed E-state index contributed by atoms with van der Waals surface area (Å²) in [6, 6.07) is 0. The molecule has 0 heterocycles. The standard InChI is InChI=1S/3C6H8O7.5Na.5H/c3*7-3(8)1-6(13,5(11)12)2-4(9)10;;;;;;;;;;/h3*13H,1-2H2,(H,7,8)(H,9,10)(H,11,12);;;;;;;;;;/q;;;5*+1;5*-1. The van der Waals surface area contributed by atoms with Gasteiger partial charge in [-0.2, -0.15) is 0 Å². The Morgan fingerprint density at radius 3 is 0.455 bits per heavy atom. The smallest absolute Gasteiger partial charge is 1.00 e. The molecule has 0 saturated heterocycles. The van der Waals surface area contributed by atoms with Gasteiger partial charge in [0.25, 0.3) is 0 Å². The molecule has 0 radical (unpaired) electrons. The summed E-state index contributed by atoms with van der Waals surface area (Å²) >= 11 is 0. The maximum Gasteiger partial charge on any atom is 1.00 e. The fraction of sp³-hybridized carbons (Fsp3) is 0.500. The maximum absolute atomic E-state index is 10.3. The number of rotatable bonds is 15. The quantitative estimate of drug-likeness (QED) is 0.0707. The first-order valence-corrected chi connectivity index (χ1v) is 9.51. The molecular weight excluding hydrogens is 667 g/mol. The zero-order chi connectivity index (χ0) is 31.9. The zero-order valence-electron chi connectivity index (χ0n) is 29.3. The van der Waals surface area contributed by atoms with Gasteiger partial charge in [-0.25, -0.2) is 14.4 Å². The van der Waals surface area contributed by atoms with Crippen LogP contribution in [0.4, 0.5) is 0 Å². The van der Waals surface area contributed by atoms with Crippen molar-refractivity contribution in [3.8, 4) is 0 Å². The van der Waals surface area contributed by atoms with Crippen molar-refractivity contribution in [2.45, 2.75) is 55.3 Å². The molecule has 0 bridgehead atoms. The van der Waals surface area contributed by atoms with Crippen LogP contribution in [0, 0.1) is 0 Å². The van der Waals surface area contributed by atoms with Gasteiger partial charge >= 0.3 is 202 Å². The molecule has 0 aliphatic carbocycles. The van der Waals surface area contributed by atoms with Crippen LogP contribution < -0.4 is 148 Å². The van der Waals surface area contributed by atoms with Crippen molar-refractivity contribution in [2.24, 2.45) is 0 Å². The molecule has 21 nitrogen and oxygen atoms in total. The number of aliphatic carboxylic acids is 9. The summed E-state index contributed by atoms with van der Waals surface area (Å²) in [4.78, 5) is 91.5. The van der Waals surface area contributed by atoms with Gasteiger partial charge in [0.15, 0.2) is 16.8 Å². The molecular formula is C18H29Na5O21. The Hall–Kier alpha value is 0.110. The normalized spacial score (nSPS) is 9.61. The Bertz CT molecular complexity index is 851. The topological polar surface area (TPSA) is 396 Å². The molecule has 44 heavy (non-hydrogen) atoms. The van der Waals surface area contributed by atoms with Crippen molar-refractivity contribution in [1.29, 1.82) is 0 Å². The van der Waals surface area contributed by atoms with Gasteiger partial charge in [0, 0.05) is 0 Å². The summed E-state index contributed by atoms with van der Waals surface area (Å²) in [6.45, 7) is 0. The molecule has 232 valence electrons. The van der Waals surface area contributed by atoms with Crippen LogP contribution >= 0.6 is 0 Å². The minimum Gasteiger partial charge on any atom is -1.00 e. The summed E-state index contributed by atoms with van der Waals surface area (Å²) in [6.07, 6.45) is -6.87. The molecule has 0 fully saturated rings. The van der Waals surface area contributed by atoms with E-state index >= 15 is 0 Å². The van der Waals surface area contributed by atoms with Crippen LogP contribution in [-0.4, -0.2) is 132 Å². The molecule has 0 atom stereocenters. The Kier molecular flexibility index (Phi) is 41.8. The van der Waals surface area contributed by atoms with Crippen LogP contribution in [-0.2, 0) is 43.2 Å². The Morgan fingerprint density at radius 2 is 0.409 bits per heavy atom. The summed E-state index contributed by atoms with van der Waals surface area (Å²) in [5.41, 5.74) is -8.22. The van der Waals surface area contributed by atoms with E-state index < -0.39 is 109 Å². The SMILES string of the molecule is O=C(O)CC(O)(CC(=O)O)C(=O)O.O=C(O)CC(O)(CC(=O)O)C(=O)O.O=C(O)CC(O)(CC(=O)O)C(=O)O.[H-].[H-].[H-].[H-].[H-].[Na+].[Na+].[Na+].[Na+].[Na+]. The third-order valence-electron chi connectivity index (χ3n) is 3.86.